The Morgan fingerprint density at radius 1 is 1.14 bits per heavy atom. The predicted octanol–water partition coefficient (Wildman–Crippen LogP) is 3.25. The zero-order chi connectivity index (χ0) is 20.7. The van der Waals surface area contributed by atoms with Gasteiger partial charge in [0.25, 0.3) is 5.56 Å². The minimum atomic E-state index is -0.437. The lowest BCUT2D eigenvalue weighted by Gasteiger charge is -2.13. The summed E-state index contributed by atoms with van der Waals surface area (Å²) in [5.74, 6) is -0.0895. The first kappa shape index (κ1) is 18.8. The van der Waals surface area contributed by atoms with Crippen LogP contribution in [-0.2, 0) is 11.3 Å². The first-order valence-electron chi connectivity index (χ1n) is 9.29. The van der Waals surface area contributed by atoms with Crippen molar-refractivity contribution in [2.24, 2.45) is 0 Å². The van der Waals surface area contributed by atoms with Crippen LogP contribution in [-0.4, -0.2) is 25.1 Å². The topological polar surface area (TPSA) is 81.3 Å². The summed E-state index contributed by atoms with van der Waals surface area (Å²) in [6.07, 6.45) is 0. The maximum Gasteiger partial charge on any atom is 0.297 e. The molecule has 29 heavy (non-hydrogen) atoms. The molecule has 0 saturated heterocycles. The van der Waals surface area contributed by atoms with Gasteiger partial charge in [0.2, 0.25) is 11.6 Å². The highest BCUT2D eigenvalue weighted by Crippen LogP contribution is 2.20. The Labute approximate surface area is 165 Å². The third-order valence-electron chi connectivity index (χ3n) is 4.81. The fourth-order valence-corrected chi connectivity index (χ4v) is 3.33. The molecule has 1 amide bonds. The van der Waals surface area contributed by atoms with Gasteiger partial charge in [0.05, 0.1) is 11.0 Å². The van der Waals surface area contributed by atoms with Gasteiger partial charge in [-0.2, -0.15) is 0 Å². The fourth-order valence-electron chi connectivity index (χ4n) is 3.33. The molecule has 7 nitrogen and oxygen atoms in total. The molecule has 0 spiro atoms. The fraction of sp³-hybridized carbons (Fsp3) is 0.238. The quantitative estimate of drug-likeness (QED) is 0.577. The van der Waals surface area contributed by atoms with Crippen LogP contribution in [0.3, 0.4) is 0 Å². The molecule has 0 aliphatic rings. The van der Waals surface area contributed by atoms with Crippen LogP contribution in [0.5, 0.6) is 0 Å². The summed E-state index contributed by atoms with van der Waals surface area (Å²) in [4.78, 5) is 25.7. The van der Waals surface area contributed by atoms with Crippen molar-refractivity contribution in [2.75, 3.05) is 5.32 Å². The van der Waals surface area contributed by atoms with Gasteiger partial charge in [-0.1, -0.05) is 32.0 Å². The Morgan fingerprint density at radius 2 is 1.86 bits per heavy atom. The van der Waals surface area contributed by atoms with Gasteiger partial charge in [-0.05, 0) is 36.8 Å². The second-order valence-electron chi connectivity index (χ2n) is 7.26. The number of anilines is 1. The average molecular weight is 393 g/mol. The Balaban J connectivity index is 1.79. The van der Waals surface area contributed by atoms with Crippen molar-refractivity contribution in [2.45, 2.75) is 33.2 Å². The lowest BCUT2D eigenvalue weighted by molar-refractivity contribution is -0.116. The third-order valence-corrected chi connectivity index (χ3v) is 4.81. The summed E-state index contributed by atoms with van der Waals surface area (Å²) in [6, 6.07) is 11.8. The molecule has 0 atom stereocenters. The molecule has 2 aromatic carbocycles. The van der Waals surface area contributed by atoms with E-state index in [-0.39, 0.29) is 18.1 Å². The zero-order valence-electron chi connectivity index (χ0n) is 16.3. The Morgan fingerprint density at radius 3 is 2.55 bits per heavy atom. The van der Waals surface area contributed by atoms with Gasteiger partial charge in [-0.15, -0.1) is 10.2 Å². The maximum absolute atomic E-state index is 13.7. The maximum atomic E-state index is 13.7. The van der Waals surface area contributed by atoms with E-state index < -0.39 is 17.3 Å². The van der Waals surface area contributed by atoms with Crippen molar-refractivity contribution < 1.29 is 9.18 Å². The molecule has 0 fully saturated rings. The summed E-state index contributed by atoms with van der Waals surface area (Å²) in [5, 5.41) is 10.9. The number of benzene rings is 2. The minimum absolute atomic E-state index is 0.0726. The van der Waals surface area contributed by atoms with Crippen LogP contribution in [0.15, 0.2) is 47.3 Å². The standard InChI is InChI=1S/C21H20FN5O2/c1-12(2)19-24-25-20-21(29)26(16-6-4-5-7-17(16)27(19)20)11-18(28)23-14-9-8-13(3)15(22)10-14/h4-10,12H,11H2,1-3H3,(H,23,28). The highest BCUT2D eigenvalue weighted by Gasteiger charge is 2.19. The largest absolute Gasteiger partial charge is 0.324 e. The van der Waals surface area contributed by atoms with E-state index in [2.05, 4.69) is 15.5 Å². The first-order chi connectivity index (χ1) is 13.9. The van der Waals surface area contributed by atoms with Gasteiger partial charge in [0.15, 0.2) is 0 Å². The minimum Gasteiger partial charge on any atom is -0.324 e. The van der Waals surface area contributed by atoms with E-state index in [0.717, 1.165) is 5.52 Å². The molecular weight excluding hydrogens is 373 g/mol. The molecule has 0 aliphatic carbocycles. The average Bonchev–Trinajstić information content (AvgIpc) is 3.14. The molecule has 0 aliphatic heterocycles. The number of aromatic nitrogens is 4. The van der Waals surface area contributed by atoms with Crippen LogP contribution in [0, 0.1) is 12.7 Å². The second kappa shape index (κ2) is 7.12. The molecule has 0 saturated carbocycles. The van der Waals surface area contributed by atoms with Gasteiger partial charge in [-0.3, -0.25) is 18.6 Å². The van der Waals surface area contributed by atoms with Gasteiger partial charge in [0.1, 0.15) is 18.2 Å². The molecule has 1 N–H and O–H groups in total. The lowest BCUT2D eigenvalue weighted by Crippen LogP contribution is -2.29. The number of nitrogens with one attached hydrogen (secondary N) is 1. The highest BCUT2D eigenvalue weighted by atomic mass is 19.1. The van der Waals surface area contributed by atoms with Gasteiger partial charge < -0.3 is 5.32 Å². The molecule has 0 bridgehead atoms. The Kier molecular flexibility index (Phi) is 4.62. The summed E-state index contributed by atoms with van der Waals surface area (Å²) in [5.41, 5.74) is 1.92. The Hall–Kier alpha value is -3.55. The van der Waals surface area contributed by atoms with Crippen molar-refractivity contribution in [3.8, 4) is 0 Å². The highest BCUT2D eigenvalue weighted by molar-refractivity contribution is 5.91. The summed E-state index contributed by atoms with van der Waals surface area (Å²) >= 11 is 0. The van der Waals surface area contributed by atoms with Gasteiger partial charge >= 0.3 is 0 Å². The van der Waals surface area contributed by atoms with Gasteiger partial charge in [-0.25, -0.2) is 4.39 Å². The molecule has 2 heterocycles. The van der Waals surface area contributed by atoms with E-state index in [9.17, 15) is 14.0 Å². The number of hydrogen-bond acceptors (Lipinski definition) is 4. The number of carbonyl (C=O) groups is 1. The monoisotopic (exact) mass is 393 g/mol. The molecule has 148 valence electrons. The lowest BCUT2D eigenvalue weighted by atomic mass is 10.2. The van der Waals surface area contributed by atoms with Crippen molar-refractivity contribution >= 4 is 28.3 Å². The predicted molar refractivity (Wildman–Crippen MR) is 109 cm³/mol. The van der Waals surface area contributed by atoms with Crippen molar-refractivity contribution in [1.29, 1.82) is 0 Å². The van der Waals surface area contributed by atoms with Crippen LogP contribution in [0.25, 0.3) is 16.7 Å². The van der Waals surface area contributed by atoms with E-state index >= 15 is 0 Å². The molecule has 2 aromatic heterocycles. The number of rotatable bonds is 4. The van der Waals surface area contributed by atoms with Crippen LogP contribution >= 0.6 is 0 Å². The smallest absolute Gasteiger partial charge is 0.297 e. The number of carbonyl (C=O) groups excluding carboxylic acids is 1. The zero-order valence-corrected chi connectivity index (χ0v) is 16.3. The molecule has 0 unspecified atom stereocenters. The number of fused-ring (bicyclic) bond motifs is 3. The van der Waals surface area contributed by atoms with Gasteiger partial charge in [0, 0.05) is 11.6 Å². The van der Waals surface area contributed by atoms with Crippen LogP contribution in [0.2, 0.25) is 0 Å². The van der Waals surface area contributed by atoms with Crippen LogP contribution < -0.4 is 10.9 Å². The van der Waals surface area contributed by atoms with Crippen LogP contribution in [0.1, 0.15) is 31.2 Å². The third kappa shape index (κ3) is 3.26. The van der Waals surface area contributed by atoms with Crippen molar-refractivity contribution in [3.63, 3.8) is 0 Å². The number of aryl methyl sites for hydroxylation is 1. The number of para-hydroxylation sites is 2. The molecule has 4 rings (SSSR count). The van der Waals surface area contributed by atoms with Crippen LogP contribution in [0.4, 0.5) is 10.1 Å². The second-order valence-corrected chi connectivity index (χ2v) is 7.26. The SMILES string of the molecule is Cc1ccc(NC(=O)Cn2c(=O)c3nnc(C(C)C)n3c3ccccc32)cc1F. The molecular formula is C21H20FN5O2. The van der Waals surface area contributed by atoms with E-state index in [1.54, 1.807) is 35.6 Å². The van der Waals surface area contributed by atoms with E-state index in [0.29, 0.717) is 22.6 Å². The van der Waals surface area contributed by atoms with Crippen molar-refractivity contribution in [3.05, 3.63) is 70.0 Å². The number of halogens is 1. The number of nitrogens with zero attached hydrogens (tertiary/aromatic N) is 4. The summed E-state index contributed by atoms with van der Waals surface area (Å²) < 4.78 is 16.9. The first-order valence-corrected chi connectivity index (χ1v) is 9.29. The van der Waals surface area contributed by atoms with E-state index in [4.69, 9.17) is 0 Å². The molecule has 4 aromatic rings. The Bertz CT molecular complexity index is 1310. The normalized spacial score (nSPS) is 11.5. The van der Waals surface area contributed by atoms with E-state index in [1.165, 1.54) is 10.6 Å². The summed E-state index contributed by atoms with van der Waals surface area (Å²) in [6.45, 7) is 5.37. The molecule has 8 heteroatoms. The van der Waals surface area contributed by atoms with E-state index in [1.807, 2.05) is 26.0 Å². The number of hydrogen-bond donors (Lipinski definition) is 1. The molecule has 0 radical (unpaired) electrons. The summed E-state index contributed by atoms with van der Waals surface area (Å²) in [7, 11) is 0. The van der Waals surface area contributed by atoms with Crippen molar-refractivity contribution in [1.82, 2.24) is 19.2 Å². The number of amides is 1.